The molecule has 2 aliphatic carbocycles. The molecule has 0 radical (unpaired) electrons. The van der Waals surface area contributed by atoms with Crippen molar-refractivity contribution in [3.8, 4) is 39.5 Å². The molecule has 190 valence electrons. The van der Waals surface area contributed by atoms with E-state index in [9.17, 15) is 5.11 Å². The quantitative estimate of drug-likeness (QED) is 0.311. The van der Waals surface area contributed by atoms with E-state index in [0.29, 0.717) is 5.75 Å². The molecular formula is C34H36O3. The number of phenols is 1. The molecule has 1 fully saturated rings. The molecule has 3 heteroatoms. The molecule has 37 heavy (non-hydrogen) atoms. The Morgan fingerprint density at radius 1 is 0.676 bits per heavy atom. The van der Waals surface area contributed by atoms with Crippen LogP contribution in [0.2, 0.25) is 0 Å². The van der Waals surface area contributed by atoms with Gasteiger partial charge in [0.15, 0.2) is 0 Å². The molecule has 3 nitrogen and oxygen atoms in total. The lowest BCUT2D eigenvalue weighted by molar-refractivity contribution is 0.0645. The Hall–Kier alpha value is -3.46. The maximum atomic E-state index is 11.5. The summed E-state index contributed by atoms with van der Waals surface area (Å²) in [5.74, 6) is 1.94. The van der Waals surface area contributed by atoms with Crippen molar-refractivity contribution in [1.82, 2.24) is 0 Å². The standard InChI is InChI=1S/C34H36O3/c1-32(2)18-33(3,4)20-34(19-32)27-10-8-7-9-23(27)31-26-16-30(37-6)24(15-25(26)29(35)17-28(31)34)21-11-13-22(36-5)14-12-21/h7-17,35H,18-20H2,1-6H3. The first kappa shape index (κ1) is 23.9. The van der Waals surface area contributed by atoms with Gasteiger partial charge in [-0.1, -0.05) is 64.1 Å². The van der Waals surface area contributed by atoms with Crippen molar-refractivity contribution in [2.75, 3.05) is 14.2 Å². The highest BCUT2D eigenvalue weighted by Crippen LogP contribution is 2.65. The van der Waals surface area contributed by atoms with Crippen LogP contribution in [-0.2, 0) is 5.41 Å². The predicted octanol–water partition coefficient (Wildman–Crippen LogP) is 8.73. The van der Waals surface area contributed by atoms with E-state index in [1.54, 1.807) is 14.2 Å². The average Bonchev–Trinajstić information content (AvgIpc) is 3.10. The average molecular weight is 493 g/mol. The topological polar surface area (TPSA) is 38.7 Å². The van der Waals surface area contributed by atoms with E-state index in [1.165, 1.54) is 28.7 Å². The van der Waals surface area contributed by atoms with Gasteiger partial charge in [0, 0.05) is 16.4 Å². The SMILES string of the molecule is COc1ccc(-c2cc3c(O)cc4c(c3cc2OC)-c2ccccc2C42CC(C)(C)CC(C)(C)C2)cc1. The third-order valence-electron chi connectivity index (χ3n) is 8.58. The number of aromatic hydroxyl groups is 1. The lowest BCUT2D eigenvalue weighted by Gasteiger charge is -2.51. The van der Waals surface area contributed by atoms with Crippen molar-refractivity contribution in [2.45, 2.75) is 52.4 Å². The minimum absolute atomic E-state index is 0.120. The van der Waals surface area contributed by atoms with Crippen LogP contribution in [0.25, 0.3) is 33.0 Å². The molecule has 0 bridgehead atoms. The summed E-state index contributed by atoms with van der Waals surface area (Å²) in [6.07, 6.45) is 3.33. The third-order valence-corrected chi connectivity index (χ3v) is 8.58. The lowest BCUT2D eigenvalue weighted by atomic mass is 9.52. The first-order valence-electron chi connectivity index (χ1n) is 13.2. The van der Waals surface area contributed by atoms with E-state index in [4.69, 9.17) is 9.47 Å². The molecule has 0 saturated heterocycles. The van der Waals surface area contributed by atoms with Crippen molar-refractivity contribution in [3.63, 3.8) is 0 Å². The second kappa shape index (κ2) is 8.02. The Morgan fingerprint density at radius 2 is 1.35 bits per heavy atom. The van der Waals surface area contributed by atoms with Gasteiger partial charge >= 0.3 is 0 Å². The number of hydrogen-bond donors (Lipinski definition) is 1. The molecule has 0 aliphatic heterocycles. The van der Waals surface area contributed by atoms with Gasteiger partial charge in [0.1, 0.15) is 17.2 Å². The van der Waals surface area contributed by atoms with Crippen molar-refractivity contribution in [1.29, 1.82) is 0 Å². The fourth-order valence-electron chi connectivity index (χ4n) is 8.02. The van der Waals surface area contributed by atoms with Crippen LogP contribution in [0.3, 0.4) is 0 Å². The second-order valence-electron chi connectivity index (χ2n) is 12.6. The van der Waals surface area contributed by atoms with Gasteiger partial charge in [0.05, 0.1) is 14.2 Å². The highest BCUT2D eigenvalue weighted by Gasteiger charge is 2.53. The second-order valence-corrected chi connectivity index (χ2v) is 12.6. The zero-order valence-electron chi connectivity index (χ0n) is 22.7. The van der Waals surface area contributed by atoms with Crippen LogP contribution in [0.5, 0.6) is 17.2 Å². The molecule has 2 aliphatic rings. The van der Waals surface area contributed by atoms with E-state index in [1.807, 2.05) is 24.3 Å². The zero-order chi connectivity index (χ0) is 26.2. The molecule has 0 aromatic heterocycles. The Bertz CT molecular complexity index is 1510. The van der Waals surface area contributed by atoms with Gasteiger partial charge in [-0.2, -0.15) is 0 Å². The van der Waals surface area contributed by atoms with E-state index < -0.39 is 0 Å². The number of ether oxygens (including phenoxy) is 2. The monoisotopic (exact) mass is 492 g/mol. The molecular weight excluding hydrogens is 456 g/mol. The van der Waals surface area contributed by atoms with Crippen LogP contribution in [0, 0.1) is 10.8 Å². The molecule has 0 amide bonds. The Kier molecular flexibility index (Phi) is 5.18. The van der Waals surface area contributed by atoms with Gasteiger partial charge in [-0.05, 0) is 93.6 Å². The number of methoxy groups -OCH3 is 2. The van der Waals surface area contributed by atoms with Crippen LogP contribution < -0.4 is 9.47 Å². The first-order valence-corrected chi connectivity index (χ1v) is 13.2. The molecule has 4 aromatic carbocycles. The zero-order valence-corrected chi connectivity index (χ0v) is 22.7. The van der Waals surface area contributed by atoms with Gasteiger partial charge in [0.2, 0.25) is 0 Å². The summed E-state index contributed by atoms with van der Waals surface area (Å²) >= 11 is 0. The number of phenolic OH excluding ortho intramolecular Hbond substituents is 1. The maximum absolute atomic E-state index is 11.5. The Labute approximate surface area is 220 Å². The number of benzene rings is 4. The summed E-state index contributed by atoms with van der Waals surface area (Å²) < 4.78 is 11.3. The minimum Gasteiger partial charge on any atom is -0.507 e. The van der Waals surface area contributed by atoms with Gasteiger partial charge in [-0.15, -0.1) is 0 Å². The van der Waals surface area contributed by atoms with Gasteiger partial charge in [-0.25, -0.2) is 0 Å². The van der Waals surface area contributed by atoms with Crippen molar-refractivity contribution >= 4 is 10.8 Å². The molecule has 0 unspecified atom stereocenters. The normalized spacial score (nSPS) is 18.4. The summed E-state index contributed by atoms with van der Waals surface area (Å²) in [7, 11) is 3.39. The molecule has 6 rings (SSSR count). The summed E-state index contributed by atoms with van der Waals surface area (Å²) in [6.45, 7) is 9.62. The first-order chi connectivity index (χ1) is 17.6. The van der Waals surface area contributed by atoms with E-state index >= 15 is 0 Å². The molecule has 1 saturated carbocycles. The highest BCUT2D eigenvalue weighted by molar-refractivity contribution is 6.07. The van der Waals surface area contributed by atoms with Crippen LogP contribution in [-0.4, -0.2) is 19.3 Å². The summed E-state index contributed by atoms with van der Waals surface area (Å²) in [5, 5.41) is 13.4. The van der Waals surface area contributed by atoms with Gasteiger partial charge in [0.25, 0.3) is 0 Å². The molecule has 4 aromatic rings. The molecule has 1 N–H and O–H groups in total. The fourth-order valence-corrected chi connectivity index (χ4v) is 8.02. The summed E-state index contributed by atoms with van der Waals surface area (Å²) in [4.78, 5) is 0. The van der Waals surface area contributed by atoms with Gasteiger partial charge in [-0.3, -0.25) is 0 Å². The molecule has 1 spiro atoms. The third kappa shape index (κ3) is 3.62. The van der Waals surface area contributed by atoms with E-state index in [2.05, 4.69) is 70.2 Å². The smallest absolute Gasteiger partial charge is 0.127 e. The lowest BCUT2D eigenvalue weighted by Crippen LogP contribution is -2.43. The van der Waals surface area contributed by atoms with Crippen molar-refractivity contribution in [2.24, 2.45) is 10.8 Å². The molecule has 0 heterocycles. The summed E-state index contributed by atoms with van der Waals surface area (Å²) in [5.41, 5.74) is 7.43. The number of fused-ring (bicyclic) bond motifs is 7. The predicted molar refractivity (Wildman–Crippen MR) is 152 cm³/mol. The van der Waals surface area contributed by atoms with E-state index in [-0.39, 0.29) is 16.2 Å². The number of hydrogen-bond acceptors (Lipinski definition) is 3. The van der Waals surface area contributed by atoms with E-state index in [0.717, 1.165) is 46.2 Å². The van der Waals surface area contributed by atoms with Crippen molar-refractivity contribution in [3.05, 3.63) is 77.9 Å². The van der Waals surface area contributed by atoms with Crippen LogP contribution >= 0.6 is 0 Å². The van der Waals surface area contributed by atoms with Crippen LogP contribution in [0.1, 0.15) is 58.1 Å². The maximum Gasteiger partial charge on any atom is 0.127 e. The van der Waals surface area contributed by atoms with Crippen LogP contribution in [0.15, 0.2) is 66.7 Å². The Balaban J connectivity index is 1.65. The summed E-state index contributed by atoms with van der Waals surface area (Å²) in [6, 6.07) is 23.1. The largest absolute Gasteiger partial charge is 0.507 e. The Morgan fingerprint density at radius 3 is 2.00 bits per heavy atom. The fraction of sp³-hybridized carbons (Fsp3) is 0.353. The van der Waals surface area contributed by atoms with Crippen LogP contribution in [0.4, 0.5) is 0 Å². The number of rotatable bonds is 3. The minimum atomic E-state index is -0.120. The van der Waals surface area contributed by atoms with Gasteiger partial charge < -0.3 is 14.6 Å². The molecule has 0 atom stereocenters. The highest BCUT2D eigenvalue weighted by atomic mass is 16.5. The van der Waals surface area contributed by atoms with Crippen molar-refractivity contribution < 1.29 is 14.6 Å².